The van der Waals surface area contributed by atoms with Crippen LogP contribution in [-0.2, 0) is 16.0 Å². The summed E-state index contributed by atoms with van der Waals surface area (Å²) in [4.78, 5) is 38.2. The number of pyridine rings is 1. The van der Waals surface area contributed by atoms with Crippen LogP contribution in [0.15, 0.2) is 47.3 Å². The number of nitrogens with two attached hydrogens (primary N) is 1. The van der Waals surface area contributed by atoms with Crippen molar-refractivity contribution in [3.8, 4) is 5.69 Å². The molecular weight excluding hydrogens is 540 g/mol. The van der Waals surface area contributed by atoms with Crippen molar-refractivity contribution >= 4 is 17.6 Å². The van der Waals surface area contributed by atoms with Gasteiger partial charge in [-0.05, 0) is 88.3 Å². The number of hydrogen-bond donors (Lipinski definition) is 1. The third-order valence-electron chi connectivity index (χ3n) is 6.36. The number of esters is 1. The zero-order chi connectivity index (χ0) is 30.6. The van der Waals surface area contributed by atoms with Crippen molar-refractivity contribution in [1.29, 1.82) is 0 Å². The zero-order valence-corrected chi connectivity index (χ0v) is 23.7. The molecule has 1 heterocycles. The number of aryl methyl sites for hydroxylation is 1. The molecule has 1 atom stereocenters. The van der Waals surface area contributed by atoms with Gasteiger partial charge in [0.25, 0.3) is 5.56 Å². The minimum Gasteiger partial charge on any atom is -0.460 e. The van der Waals surface area contributed by atoms with Crippen molar-refractivity contribution in [2.24, 2.45) is 11.8 Å². The Labute approximate surface area is 236 Å². The van der Waals surface area contributed by atoms with Crippen LogP contribution in [0.1, 0.15) is 75.4 Å². The first-order chi connectivity index (χ1) is 19.1. The van der Waals surface area contributed by atoms with Crippen molar-refractivity contribution < 1.29 is 31.9 Å². The second-order valence-electron chi connectivity index (χ2n) is 11.4. The van der Waals surface area contributed by atoms with Gasteiger partial charge in [-0.15, -0.1) is 0 Å². The highest BCUT2D eigenvalue weighted by atomic mass is 19.1. The lowest BCUT2D eigenvalue weighted by Crippen LogP contribution is -2.29. The second kappa shape index (κ2) is 12.7. The normalized spacial score (nSPS) is 12.4. The van der Waals surface area contributed by atoms with E-state index in [-0.39, 0.29) is 24.2 Å². The molecule has 6 nitrogen and oxygen atoms in total. The average molecular weight is 575 g/mol. The van der Waals surface area contributed by atoms with Gasteiger partial charge in [-0.1, -0.05) is 13.8 Å². The minimum atomic E-state index is -1.16. The molecule has 0 aliphatic heterocycles. The number of hydrogen-bond acceptors (Lipinski definition) is 5. The van der Waals surface area contributed by atoms with Crippen molar-refractivity contribution in [1.82, 2.24) is 4.57 Å². The van der Waals surface area contributed by atoms with Crippen LogP contribution in [0.2, 0.25) is 0 Å². The summed E-state index contributed by atoms with van der Waals surface area (Å²) in [7, 11) is 0. The molecule has 0 fully saturated rings. The van der Waals surface area contributed by atoms with Crippen LogP contribution in [0.5, 0.6) is 0 Å². The van der Waals surface area contributed by atoms with E-state index in [0.717, 1.165) is 36.4 Å². The highest BCUT2D eigenvalue weighted by Crippen LogP contribution is 2.27. The molecule has 0 bridgehead atoms. The van der Waals surface area contributed by atoms with Crippen molar-refractivity contribution in [2.45, 2.75) is 65.9 Å². The largest absolute Gasteiger partial charge is 0.460 e. The first kappa shape index (κ1) is 31.6. The van der Waals surface area contributed by atoms with E-state index in [9.17, 15) is 23.2 Å². The molecule has 2 aromatic carbocycles. The van der Waals surface area contributed by atoms with Crippen LogP contribution < -0.4 is 11.3 Å². The molecule has 0 amide bonds. The van der Waals surface area contributed by atoms with Gasteiger partial charge in [0, 0.05) is 12.1 Å². The molecule has 0 aliphatic carbocycles. The Hall–Kier alpha value is -3.95. The fourth-order valence-corrected chi connectivity index (χ4v) is 4.61. The molecule has 0 saturated carbocycles. The first-order valence-electron chi connectivity index (χ1n) is 13.3. The molecule has 2 N–H and O–H groups in total. The SMILES string of the molecule is CC(C)C[C@@H](CCCc1cc(F)c(-n2c(N)c(C(=O)c3ccc(F)cc3F)ccc2=O)c(F)c1)C(=O)OC(C)(C)C. The third-order valence-corrected chi connectivity index (χ3v) is 6.36. The lowest BCUT2D eigenvalue weighted by atomic mass is 9.91. The predicted octanol–water partition coefficient (Wildman–Crippen LogP) is 6.53. The monoisotopic (exact) mass is 574 g/mol. The fraction of sp³-hybridized carbons (Fsp3) is 0.387. The number of benzene rings is 2. The molecule has 10 heteroatoms. The highest BCUT2D eigenvalue weighted by molar-refractivity contribution is 6.11. The molecule has 0 spiro atoms. The van der Waals surface area contributed by atoms with Crippen LogP contribution in [-0.4, -0.2) is 21.9 Å². The van der Waals surface area contributed by atoms with Gasteiger partial charge in [0.2, 0.25) is 0 Å². The van der Waals surface area contributed by atoms with Crippen molar-refractivity contribution in [3.05, 3.63) is 92.8 Å². The molecule has 3 aromatic rings. The molecule has 0 unspecified atom stereocenters. The van der Waals surface area contributed by atoms with Gasteiger partial charge in [0.1, 0.15) is 28.7 Å². The average Bonchev–Trinajstić information content (AvgIpc) is 2.83. The van der Waals surface area contributed by atoms with E-state index in [2.05, 4.69) is 0 Å². The van der Waals surface area contributed by atoms with Gasteiger partial charge in [0.05, 0.1) is 17.0 Å². The quantitative estimate of drug-likeness (QED) is 0.169. The molecule has 220 valence electrons. The summed E-state index contributed by atoms with van der Waals surface area (Å²) < 4.78 is 64.1. The number of nitrogen functional groups attached to an aromatic ring is 1. The van der Waals surface area contributed by atoms with Crippen LogP contribution >= 0.6 is 0 Å². The molecular formula is C31H34F4N2O4. The number of rotatable bonds is 10. The number of halogens is 4. The van der Waals surface area contributed by atoms with Crippen molar-refractivity contribution in [2.75, 3.05) is 5.73 Å². The summed E-state index contributed by atoms with van der Waals surface area (Å²) in [6.45, 7) is 9.35. The minimum absolute atomic E-state index is 0.243. The number of aromatic nitrogens is 1. The maximum atomic E-state index is 15.3. The fourth-order valence-electron chi connectivity index (χ4n) is 4.61. The van der Waals surface area contributed by atoms with E-state index >= 15 is 8.78 Å². The maximum absolute atomic E-state index is 15.3. The molecule has 0 radical (unpaired) electrons. The van der Waals surface area contributed by atoms with Gasteiger partial charge < -0.3 is 10.5 Å². The summed E-state index contributed by atoms with van der Waals surface area (Å²) in [6, 6.07) is 6.30. The molecule has 0 aliphatic rings. The Kier molecular flexibility index (Phi) is 9.78. The van der Waals surface area contributed by atoms with E-state index in [1.54, 1.807) is 20.8 Å². The highest BCUT2D eigenvalue weighted by Gasteiger charge is 2.26. The van der Waals surface area contributed by atoms with E-state index in [0.29, 0.717) is 35.5 Å². The van der Waals surface area contributed by atoms with Gasteiger partial charge in [0.15, 0.2) is 17.4 Å². The van der Waals surface area contributed by atoms with E-state index in [4.69, 9.17) is 10.5 Å². The third kappa shape index (κ3) is 7.83. The summed E-state index contributed by atoms with van der Waals surface area (Å²) in [6.07, 6.45) is 1.76. The van der Waals surface area contributed by atoms with E-state index in [1.165, 1.54) is 0 Å². The number of nitrogens with zero attached hydrogens (tertiary/aromatic N) is 1. The summed E-state index contributed by atoms with van der Waals surface area (Å²) in [5.41, 5.74) is 3.03. The number of ketones is 1. The lowest BCUT2D eigenvalue weighted by molar-refractivity contribution is -0.160. The smallest absolute Gasteiger partial charge is 0.309 e. The Balaban J connectivity index is 1.87. The predicted molar refractivity (Wildman–Crippen MR) is 148 cm³/mol. The topological polar surface area (TPSA) is 91.4 Å². The molecule has 1 aromatic heterocycles. The Morgan fingerprint density at radius 1 is 0.927 bits per heavy atom. The first-order valence-corrected chi connectivity index (χ1v) is 13.3. The van der Waals surface area contributed by atoms with Crippen LogP contribution in [0.25, 0.3) is 5.69 Å². The Bertz CT molecular complexity index is 1490. The molecule has 41 heavy (non-hydrogen) atoms. The Morgan fingerprint density at radius 3 is 2.10 bits per heavy atom. The van der Waals surface area contributed by atoms with Gasteiger partial charge in [-0.3, -0.25) is 19.0 Å². The zero-order valence-electron chi connectivity index (χ0n) is 23.7. The van der Waals surface area contributed by atoms with Gasteiger partial charge >= 0.3 is 5.97 Å². The number of carbonyl (C=O) groups is 2. The number of carbonyl (C=O) groups excluding carboxylic acids is 2. The number of ether oxygens (including phenoxy) is 1. The van der Waals surface area contributed by atoms with Crippen LogP contribution in [0, 0.1) is 35.1 Å². The van der Waals surface area contributed by atoms with E-state index < -0.39 is 62.8 Å². The Morgan fingerprint density at radius 2 is 1.54 bits per heavy atom. The van der Waals surface area contributed by atoms with Crippen LogP contribution in [0.3, 0.4) is 0 Å². The van der Waals surface area contributed by atoms with E-state index in [1.807, 2.05) is 13.8 Å². The van der Waals surface area contributed by atoms with Gasteiger partial charge in [-0.25, -0.2) is 17.6 Å². The summed E-state index contributed by atoms with van der Waals surface area (Å²) >= 11 is 0. The van der Waals surface area contributed by atoms with Crippen molar-refractivity contribution in [3.63, 3.8) is 0 Å². The van der Waals surface area contributed by atoms with Crippen LogP contribution in [0.4, 0.5) is 23.4 Å². The second-order valence-corrected chi connectivity index (χ2v) is 11.4. The summed E-state index contributed by atoms with van der Waals surface area (Å²) in [5.74, 6) is -6.30. The summed E-state index contributed by atoms with van der Waals surface area (Å²) in [5, 5.41) is 0. The number of anilines is 1. The lowest BCUT2D eigenvalue weighted by Gasteiger charge is -2.25. The van der Waals surface area contributed by atoms with Gasteiger partial charge in [-0.2, -0.15) is 0 Å². The molecule has 3 rings (SSSR count). The molecule has 0 saturated heterocycles. The maximum Gasteiger partial charge on any atom is 0.309 e. The standard InChI is InChI=1S/C31H34F4N2O4/c1-17(2)13-19(30(40)41-31(3,4)5)8-6-7-18-14-24(34)27(25(35)15-18)37-26(38)12-11-22(29(37)36)28(39)21-10-9-20(32)16-23(21)33/h9-12,14-17,19H,6-8,13,36H2,1-5H3/t19-/m1/s1.